The lowest BCUT2D eigenvalue weighted by atomic mass is 9.92. The second-order valence-electron chi connectivity index (χ2n) is 5.49. The zero-order valence-electron chi connectivity index (χ0n) is 12.2. The van der Waals surface area contributed by atoms with E-state index in [-0.39, 0.29) is 27.8 Å². The van der Waals surface area contributed by atoms with Crippen LogP contribution in [0.1, 0.15) is 35.4 Å². The molecule has 0 bridgehead atoms. The molecule has 1 saturated carbocycles. The van der Waals surface area contributed by atoms with Gasteiger partial charge in [-0.1, -0.05) is 0 Å². The summed E-state index contributed by atoms with van der Waals surface area (Å²) in [5.41, 5.74) is 5.84. The van der Waals surface area contributed by atoms with Crippen LogP contribution in [0.5, 0.6) is 0 Å². The molecule has 1 aromatic rings. The number of nitrogens with one attached hydrogen (secondary N) is 1. The van der Waals surface area contributed by atoms with Crippen LogP contribution in [0.2, 0.25) is 0 Å². The lowest BCUT2D eigenvalue weighted by Crippen LogP contribution is -2.40. The van der Waals surface area contributed by atoms with E-state index >= 15 is 0 Å². The molecule has 21 heavy (non-hydrogen) atoms. The van der Waals surface area contributed by atoms with Crippen molar-refractivity contribution in [2.75, 3.05) is 14.1 Å². The fourth-order valence-electron chi connectivity index (χ4n) is 2.38. The van der Waals surface area contributed by atoms with Crippen molar-refractivity contribution in [1.82, 2.24) is 9.62 Å². The summed E-state index contributed by atoms with van der Waals surface area (Å²) in [5, 5.41) is 4.55. The monoisotopic (exact) mass is 331 g/mol. The van der Waals surface area contributed by atoms with Crippen LogP contribution in [0.3, 0.4) is 0 Å². The van der Waals surface area contributed by atoms with E-state index in [4.69, 9.17) is 5.73 Å². The molecule has 1 amide bonds. The molecular formula is C13H21N3O3S2. The second-order valence-corrected chi connectivity index (χ2v) is 8.52. The highest BCUT2D eigenvalue weighted by Crippen LogP contribution is 2.25. The topological polar surface area (TPSA) is 92.5 Å². The Morgan fingerprint density at radius 3 is 2.52 bits per heavy atom. The van der Waals surface area contributed by atoms with Crippen molar-refractivity contribution in [3.05, 3.63) is 16.3 Å². The van der Waals surface area contributed by atoms with Crippen molar-refractivity contribution in [2.45, 2.75) is 42.7 Å². The lowest BCUT2D eigenvalue weighted by Gasteiger charge is -2.26. The van der Waals surface area contributed by atoms with Crippen LogP contribution in [0.4, 0.5) is 0 Å². The Balaban J connectivity index is 2.13. The maximum Gasteiger partial charge on any atom is 0.262 e. The molecule has 6 nitrogen and oxygen atoms in total. The number of nitrogens with two attached hydrogens (primary N) is 1. The van der Waals surface area contributed by atoms with Crippen molar-refractivity contribution in [3.8, 4) is 0 Å². The van der Waals surface area contributed by atoms with Crippen molar-refractivity contribution < 1.29 is 13.2 Å². The molecule has 1 aliphatic rings. The summed E-state index contributed by atoms with van der Waals surface area (Å²) >= 11 is 1.15. The van der Waals surface area contributed by atoms with Gasteiger partial charge in [0.1, 0.15) is 9.77 Å². The van der Waals surface area contributed by atoms with Gasteiger partial charge in [0.2, 0.25) is 10.0 Å². The molecule has 8 heteroatoms. The van der Waals surface area contributed by atoms with Gasteiger partial charge in [-0.05, 0) is 37.1 Å². The number of hydrogen-bond donors (Lipinski definition) is 2. The van der Waals surface area contributed by atoms with E-state index in [9.17, 15) is 13.2 Å². The molecule has 0 aliphatic heterocycles. The first-order valence-electron chi connectivity index (χ1n) is 6.89. The molecular weight excluding hydrogens is 310 g/mol. The van der Waals surface area contributed by atoms with E-state index in [1.165, 1.54) is 20.2 Å². The Morgan fingerprint density at radius 2 is 1.95 bits per heavy atom. The van der Waals surface area contributed by atoms with Crippen LogP contribution >= 0.6 is 11.3 Å². The number of nitrogens with zero attached hydrogens (tertiary/aromatic N) is 1. The predicted octanol–water partition coefficient (Wildman–Crippen LogP) is 0.998. The van der Waals surface area contributed by atoms with Crippen LogP contribution in [0.25, 0.3) is 0 Å². The van der Waals surface area contributed by atoms with Crippen LogP contribution in [0.15, 0.2) is 16.3 Å². The average molecular weight is 331 g/mol. The molecule has 0 saturated heterocycles. The summed E-state index contributed by atoms with van der Waals surface area (Å²) in [6.45, 7) is 0. The van der Waals surface area contributed by atoms with Gasteiger partial charge in [0.25, 0.3) is 5.91 Å². The normalized spacial score (nSPS) is 23.2. The Bertz CT molecular complexity index is 602. The summed E-state index contributed by atoms with van der Waals surface area (Å²) in [5.74, 6) is -0.314. The van der Waals surface area contributed by atoms with Crippen LogP contribution in [0, 0.1) is 0 Å². The summed E-state index contributed by atoms with van der Waals surface area (Å²) in [6.07, 6.45) is 3.46. The molecule has 0 aromatic carbocycles. The first-order chi connectivity index (χ1) is 9.82. The fourth-order valence-corrected chi connectivity index (χ4v) is 4.57. The van der Waals surface area contributed by atoms with Gasteiger partial charge < -0.3 is 11.1 Å². The average Bonchev–Trinajstić information content (AvgIpc) is 2.91. The van der Waals surface area contributed by atoms with Gasteiger partial charge >= 0.3 is 0 Å². The second kappa shape index (κ2) is 6.43. The molecule has 0 unspecified atom stereocenters. The van der Waals surface area contributed by atoms with Gasteiger partial charge in [-0.2, -0.15) is 0 Å². The molecule has 1 aromatic heterocycles. The molecule has 3 N–H and O–H groups in total. The van der Waals surface area contributed by atoms with Crippen molar-refractivity contribution in [1.29, 1.82) is 0 Å². The van der Waals surface area contributed by atoms with Gasteiger partial charge in [-0.25, -0.2) is 12.7 Å². The molecule has 1 heterocycles. The number of thiophene rings is 1. The van der Waals surface area contributed by atoms with Crippen LogP contribution < -0.4 is 11.1 Å². The van der Waals surface area contributed by atoms with E-state index in [2.05, 4.69) is 5.32 Å². The van der Waals surface area contributed by atoms with Crippen molar-refractivity contribution >= 4 is 27.3 Å². The number of sulfonamides is 1. The zero-order chi connectivity index (χ0) is 15.6. The minimum atomic E-state index is -3.60. The third kappa shape index (κ3) is 3.63. The van der Waals surface area contributed by atoms with Crippen LogP contribution in [-0.2, 0) is 10.0 Å². The van der Waals surface area contributed by atoms with Crippen molar-refractivity contribution in [2.24, 2.45) is 5.73 Å². The highest BCUT2D eigenvalue weighted by molar-refractivity contribution is 7.89. The third-order valence-electron chi connectivity index (χ3n) is 3.70. The standard InChI is InChI=1S/C13H21N3O3S2/c1-16(2)21(18,19)11-7-8-20-12(11)13(17)15-10-5-3-9(14)4-6-10/h7-10H,3-6,14H2,1-2H3,(H,15,17). The quantitative estimate of drug-likeness (QED) is 0.861. The molecule has 118 valence electrons. The number of hydrogen-bond acceptors (Lipinski definition) is 5. The number of amides is 1. The molecule has 0 spiro atoms. The van der Waals surface area contributed by atoms with E-state index in [0.29, 0.717) is 0 Å². The molecule has 1 fully saturated rings. The minimum Gasteiger partial charge on any atom is -0.349 e. The van der Waals surface area contributed by atoms with Gasteiger partial charge in [0, 0.05) is 26.2 Å². The van der Waals surface area contributed by atoms with E-state index < -0.39 is 10.0 Å². The van der Waals surface area contributed by atoms with E-state index in [0.717, 1.165) is 41.3 Å². The maximum absolute atomic E-state index is 12.3. The SMILES string of the molecule is CN(C)S(=O)(=O)c1ccsc1C(=O)NC1CCC(N)CC1. The van der Waals surface area contributed by atoms with Gasteiger partial charge in [-0.3, -0.25) is 4.79 Å². The molecule has 1 aliphatic carbocycles. The minimum absolute atomic E-state index is 0.0718. The summed E-state index contributed by atoms with van der Waals surface area (Å²) in [6, 6.07) is 1.77. The third-order valence-corrected chi connectivity index (χ3v) is 6.60. The molecule has 2 rings (SSSR count). The number of rotatable bonds is 4. The van der Waals surface area contributed by atoms with Gasteiger partial charge in [0.15, 0.2) is 0 Å². The largest absolute Gasteiger partial charge is 0.349 e. The predicted molar refractivity (Wildman–Crippen MR) is 82.9 cm³/mol. The summed E-state index contributed by atoms with van der Waals surface area (Å²) in [7, 11) is -0.685. The highest BCUT2D eigenvalue weighted by Gasteiger charge is 2.28. The summed E-state index contributed by atoms with van der Waals surface area (Å²) < 4.78 is 25.5. The maximum atomic E-state index is 12.3. The van der Waals surface area contributed by atoms with Crippen molar-refractivity contribution in [3.63, 3.8) is 0 Å². The molecule has 0 radical (unpaired) electrons. The Kier molecular flexibility index (Phi) is 5.03. The molecule has 0 atom stereocenters. The Hall–Kier alpha value is -0.960. The fraction of sp³-hybridized carbons (Fsp3) is 0.615. The lowest BCUT2D eigenvalue weighted by molar-refractivity contribution is 0.0927. The van der Waals surface area contributed by atoms with Gasteiger partial charge in [0.05, 0.1) is 0 Å². The van der Waals surface area contributed by atoms with Crippen LogP contribution in [-0.4, -0.2) is 44.8 Å². The first-order valence-corrected chi connectivity index (χ1v) is 9.21. The van der Waals surface area contributed by atoms with E-state index in [1.54, 1.807) is 5.38 Å². The van der Waals surface area contributed by atoms with E-state index in [1.807, 2.05) is 0 Å². The highest BCUT2D eigenvalue weighted by atomic mass is 32.2. The smallest absolute Gasteiger partial charge is 0.262 e. The number of carbonyl (C=O) groups excluding carboxylic acids is 1. The van der Waals surface area contributed by atoms with Gasteiger partial charge in [-0.15, -0.1) is 11.3 Å². The Morgan fingerprint density at radius 1 is 1.33 bits per heavy atom. The first kappa shape index (κ1) is 16.4. The number of carbonyl (C=O) groups is 1. The zero-order valence-corrected chi connectivity index (χ0v) is 13.8. The summed E-state index contributed by atoms with van der Waals surface area (Å²) in [4.78, 5) is 12.7. The Labute approximate surface area is 129 Å².